The first-order valence-corrected chi connectivity index (χ1v) is 9.24. The predicted molar refractivity (Wildman–Crippen MR) is 90.6 cm³/mol. The van der Waals surface area contributed by atoms with Gasteiger partial charge in [-0.3, -0.25) is 4.72 Å². The number of carbonyl (C=O) groups is 1. The SMILES string of the molecule is CCOC(=O)c1ccccc1NS(=O)(=O)c1cccc2nsnc12. The molecule has 2 aromatic carbocycles. The highest BCUT2D eigenvalue weighted by molar-refractivity contribution is 7.93. The highest BCUT2D eigenvalue weighted by Crippen LogP contribution is 2.25. The molecule has 7 nitrogen and oxygen atoms in total. The molecule has 0 spiro atoms. The minimum Gasteiger partial charge on any atom is -0.462 e. The Kier molecular flexibility index (Phi) is 4.45. The Balaban J connectivity index is 2.02. The predicted octanol–water partition coefficient (Wildman–Crippen LogP) is 2.67. The van der Waals surface area contributed by atoms with Gasteiger partial charge in [-0.2, -0.15) is 8.75 Å². The van der Waals surface area contributed by atoms with Crippen LogP contribution in [-0.4, -0.2) is 29.7 Å². The Hall–Kier alpha value is -2.52. The van der Waals surface area contributed by atoms with Gasteiger partial charge >= 0.3 is 5.97 Å². The van der Waals surface area contributed by atoms with Crippen LogP contribution in [0.1, 0.15) is 17.3 Å². The largest absolute Gasteiger partial charge is 0.462 e. The molecule has 0 unspecified atom stereocenters. The minimum atomic E-state index is -3.93. The molecule has 0 aliphatic heterocycles. The summed E-state index contributed by atoms with van der Waals surface area (Å²) in [6, 6.07) is 11.0. The number of nitrogens with zero attached hydrogens (tertiary/aromatic N) is 2. The monoisotopic (exact) mass is 363 g/mol. The third-order valence-electron chi connectivity index (χ3n) is 3.21. The van der Waals surface area contributed by atoms with Gasteiger partial charge in [-0.1, -0.05) is 18.2 Å². The Morgan fingerprint density at radius 2 is 1.96 bits per heavy atom. The summed E-state index contributed by atoms with van der Waals surface area (Å²) in [6.45, 7) is 1.88. The lowest BCUT2D eigenvalue weighted by atomic mass is 10.2. The lowest BCUT2D eigenvalue weighted by Crippen LogP contribution is -2.16. The number of benzene rings is 2. The minimum absolute atomic E-state index is 0.00686. The van der Waals surface area contributed by atoms with Crippen LogP contribution in [0.5, 0.6) is 0 Å². The van der Waals surface area contributed by atoms with Gasteiger partial charge in [0, 0.05) is 0 Å². The van der Waals surface area contributed by atoms with Crippen molar-refractivity contribution < 1.29 is 17.9 Å². The van der Waals surface area contributed by atoms with Crippen molar-refractivity contribution in [1.29, 1.82) is 0 Å². The third kappa shape index (κ3) is 3.08. The van der Waals surface area contributed by atoms with E-state index in [0.29, 0.717) is 11.0 Å². The van der Waals surface area contributed by atoms with E-state index in [2.05, 4.69) is 13.5 Å². The lowest BCUT2D eigenvalue weighted by Gasteiger charge is -2.12. The first kappa shape index (κ1) is 16.3. The Labute approximate surface area is 142 Å². The van der Waals surface area contributed by atoms with Crippen molar-refractivity contribution in [2.45, 2.75) is 11.8 Å². The van der Waals surface area contributed by atoms with Crippen LogP contribution in [0, 0.1) is 0 Å². The van der Waals surface area contributed by atoms with Crippen LogP contribution in [0.15, 0.2) is 47.4 Å². The number of rotatable bonds is 5. The normalized spacial score (nSPS) is 11.4. The number of hydrogen-bond donors (Lipinski definition) is 1. The number of carbonyl (C=O) groups excluding carboxylic acids is 1. The third-order valence-corrected chi connectivity index (χ3v) is 5.14. The smallest absolute Gasteiger partial charge is 0.340 e. The van der Waals surface area contributed by atoms with Crippen LogP contribution in [0.3, 0.4) is 0 Å². The highest BCUT2D eigenvalue weighted by Gasteiger charge is 2.22. The number of nitrogens with one attached hydrogen (secondary N) is 1. The van der Waals surface area contributed by atoms with E-state index in [9.17, 15) is 13.2 Å². The number of hydrogen-bond acceptors (Lipinski definition) is 7. The van der Waals surface area contributed by atoms with Crippen LogP contribution in [0.25, 0.3) is 11.0 Å². The molecule has 0 radical (unpaired) electrons. The second-order valence-corrected chi connectivity index (χ2v) is 6.94. The van der Waals surface area contributed by atoms with Gasteiger partial charge in [0.15, 0.2) is 0 Å². The average molecular weight is 363 g/mol. The summed E-state index contributed by atoms with van der Waals surface area (Å²) in [7, 11) is -3.93. The molecular weight excluding hydrogens is 350 g/mol. The number of esters is 1. The second kappa shape index (κ2) is 6.54. The van der Waals surface area contributed by atoms with Gasteiger partial charge < -0.3 is 4.74 Å². The highest BCUT2D eigenvalue weighted by atomic mass is 32.2. The van der Waals surface area contributed by atoms with E-state index >= 15 is 0 Å². The first-order valence-electron chi connectivity index (χ1n) is 7.03. The summed E-state index contributed by atoms with van der Waals surface area (Å²) in [6.07, 6.45) is 0. The van der Waals surface area contributed by atoms with E-state index in [4.69, 9.17) is 4.74 Å². The number of sulfonamides is 1. The summed E-state index contributed by atoms with van der Waals surface area (Å²) in [4.78, 5) is 12.0. The molecule has 1 aromatic heterocycles. The van der Waals surface area contributed by atoms with E-state index in [0.717, 1.165) is 11.7 Å². The molecule has 0 aliphatic rings. The topological polar surface area (TPSA) is 98.2 Å². The molecule has 124 valence electrons. The molecule has 1 N–H and O–H groups in total. The maximum Gasteiger partial charge on any atom is 0.340 e. The van der Waals surface area contributed by atoms with Crippen molar-refractivity contribution in [1.82, 2.24) is 8.75 Å². The van der Waals surface area contributed by atoms with Gasteiger partial charge in [0.25, 0.3) is 10.0 Å². The maximum atomic E-state index is 12.7. The summed E-state index contributed by atoms with van der Waals surface area (Å²) < 4.78 is 40.9. The molecule has 1 heterocycles. The Morgan fingerprint density at radius 1 is 1.17 bits per heavy atom. The molecule has 0 atom stereocenters. The van der Waals surface area contributed by atoms with E-state index in [-0.39, 0.29) is 22.8 Å². The van der Waals surface area contributed by atoms with Gasteiger partial charge in [-0.05, 0) is 31.2 Å². The maximum absolute atomic E-state index is 12.7. The van der Waals surface area contributed by atoms with Crippen molar-refractivity contribution in [2.24, 2.45) is 0 Å². The van der Waals surface area contributed by atoms with Gasteiger partial charge in [0.1, 0.15) is 15.9 Å². The molecule has 0 amide bonds. The lowest BCUT2D eigenvalue weighted by molar-refractivity contribution is 0.0527. The fourth-order valence-corrected chi connectivity index (χ4v) is 4.00. The first-order chi connectivity index (χ1) is 11.5. The number of ether oxygens (including phenoxy) is 1. The second-order valence-electron chi connectivity index (χ2n) is 4.76. The van der Waals surface area contributed by atoms with Gasteiger partial charge in [0.2, 0.25) is 0 Å². The molecule has 0 aliphatic carbocycles. The zero-order valence-corrected chi connectivity index (χ0v) is 14.2. The fourth-order valence-electron chi connectivity index (χ4n) is 2.16. The number of aromatic nitrogens is 2. The Morgan fingerprint density at radius 3 is 2.75 bits per heavy atom. The van der Waals surface area contributed by atoms with Crippen LogP contribution < -0.4 is 4.72 Å². The average Bonchev–Trinajstić information content (AvgIpc) is 3.03. The van der Waals surface area contributed by atoms with Gasteiger partial charge in [-0.15, -0.1) is 0 Å². The molecule has 24 heavy (non-hydrogen) atoms. The number of fused-ring (bicyclic) bond motifs is 1. The van der Waals surface area contributed by atoms with Crippen molar-refractivity contribution in [3.8, 4) is 0 Å². The van der Waals surface area contributed by atoms with E-state index < -0.39 is 16.0 Å². The molecule has 9 heteroatoms. The molecule has 0 fully saturated rings. The summed E-state index contributed by atoms with van der Waals surface area (Å²) in [5.74, 6) is -0.593. The molecule has 3 rings (SSSR count). The fraction of sp³-hybridized carbons (Fsp3) is 0.133. The number of anilines is 1. The van der Waals surface area contributed by atoms with E-state index in [1.54, 1.807) is 31.2 Å². The van der Waals surface area contributed by atoms with Crippen LogP contribution in [0.4, 0.5) is 5.69 Å². The van der Waals surface area contributed by atoms with Crippen molar-refractivity contribution in [2.75, 3.05) is 11.3 Å². The van der Waals surface area contributed by atoms with Crippen LogP contribution >= 0.6 is 11.7 Å². The molecule has 0 saturated carbocycles. The summed E-state index contributed by atoms with van der Waals surface area (Å²) in [5, 5.41) is 0. The molecule has 0 saturated heterocycles. The van der Waals surface area contributed by atoms with Crippen molar-refractivity contribution in [3.05, 3.63) is 48.0 Å². The van der Waals surface area contributed by atoms with E-state index in [1.165, 1.54) is 18.2 Å². The van der Waals surface area contributed by atoms with Gasteiger partial charge in [0.05, 0.1) is 29.6 Å². The van der Waals surface area contributed by atoms with Gasteiger partial charge in [-0.25, -0.2) is 13.2 Å². The number of para-hydroxylation sites is 1. The summed E-state index contributed by atoms with van der Waals surface area (Å²) in [5.41, 5.74) is 1.09. The molecular formula is C15H13N3O4S2. The van der Waals surface area contributed by atoms with Crippen LogP contribution in [0.2, 0.25) is 0 Å². The van der Waals surface area contributed by atoms with Crippen LogP contribution in [-0.2, 0) is 14.8 Å². The zero-order chi connectivity index (χ0) is 17.2. The van der Waals surface area contributed by atoms with E-state index in [1.807, 2.05) is 0 Å². The zero-order valence-electron chi connectivity index (χ0n) is 12.6. The summed E-state index contributed by atoms with van der Waals surface area (Å²) >= 11 is 0.938. The Bertz CT molecular complexity index is 999. The standard InChI is InChI=1S/C15H13N3O4S2/c1-2-22-15(19)10-6-3-4-7-11(10)18-24(20,21)13-9-5-8-12-14(13)17-23-16-12/h3-9,18H,2H2,1H3. The van der Waals surface area contributed by atoms with Crippen molar-refractivity contribution >= 4 is 44.4 Å². The quantitative estimate of drug-likeness (QED) is 0.700. The molecule has 3 aromatic rings. The van der Waals surface area contributed by atoms with Crippen molar-refractivity contribution in [3.63, 3.8) is 0 Å². The molecule has 0 bridgehead atoms.